The van der Waals surface area contributed by atoms with Crippen LogP contribution in [0.2, 0.25) is 5.02 Å². The summed E-state index contributed by atoms with van der Waals surface area (Å²) < 4.78 is 0. The van der Waals surface area contributed by atoms with Gasteiger partial charge in [-0.3, -0.25) is 19.7 Å². The van der Waals surface area contributed by atoms with Crippen molar-refractivity contribution in [1.29, 1.82) is 0 Å². The second-order valence-corrected chi connectivity index (χ2v) is 5.49. The zero-order valence-electron chi connectivity index (χ0n) is 13.2. The Bertz CT molecular complexity index is 847. The highest BCUT2D eigenvalue weighted by atomic mass is 35.5. The normalized spacial score (nSPS) is 10.9. The van der Waals surface area contributed by atoms with Crippen LogP contribution in [0.5, 0.6) is 0 Å². The number of hydrogen-bond donors (Lipinski definition) is 2. The first-order valence-electron chi connectivity index (χ1n) is 7.16. The van der Waals surface area contributed by atoms with Gasteiger partial charge in [-0.05, 0) is 35.9 Å². The van der Waals surface area contributed by atoms with Gasteiger partial charge in [0, 0.05) is 29.8 Å². The molecule has 0 aliphatic heterocycles. The molecule has 2 rings (SSSR count). The van der Waals surface area contributed by atoms with E-state index < -0.39 is 16.7 Å². The lowest BCUT2D eigenvalue weighted by atomic mass is 10.1. The maximum absolute atomic E-state index is 12.4. The highest BCUT2D eigenvalue weighted by Crippen LogP contribution is 2.17. The zero-order valence-corrected chi connectivity index (χ0v) is 13.9. The minimum Gasteiger partial charge on any atom is -0.322 e. The number of rotatable bonds is 5. The van der Waals surface area contributed by atoms with Gasteiger partial charge >= 0.3 is 0 Å². The average molecular weight is 360 g/mol. The Balaban J connectivity index is 2.29. The number of anilines is 1. The molecule has 0 fully saturated rings. The first-order valence-corrected chi connectivity index (χ1v) is 7.53. The highest BCUT2D eigenvalue weighted by Gasteiger charge is 2.13. The van der Waals surface area contributed by atoms with Crippen molar-refractivity contribution in [3.05, 3.63) is 74.9 Å². The molecular formula is C17H14ClN3O4. The summed E-state index contributed by atoms with van der Waals surface area (Å²) in [5.41, 5.74) is 0.742. The third-order valence-corrected chi connectivity index (χ3v) is 3.30. The number of carbonyl (C=O) groups is 2. The van der Waals surface area contributed by atoms with Gasteiger partial charge in [0.2, 0.25) is 5.91 Å². The Hall–Kier alpha value is -3.19. The van der Waals surface area contributed by atoms with E-state index in [0.29, 0.717) is 16.3 Å². The summed E-state index contributed by atoms with van der Waals surface area (Å²) in [6.45, 7) is 1.26. The highest BCUT2D eigenvalue weighted by molar-refractivity contribution is 6.30. The predicted molar refractivity (Wildman–Crippen MR) is 95.0 cm³/mol. The minimum atomic E-state index is -0.566. The molecule has 0 radical (unpaired) electrons. The average Bonchev–Trinajstić information content (AvgIpc) is 2.56. The molecule has 2 aromatic carbocycles. The fraction of sp³-hybridized carbons (Fsp3) is 0.0588. The molecule has 7 nitrogen and oxygen atoms in total. The molecule has 0 aromatic heterocycles. The van der Waals surface area contributed by atoms with E-state index in [2.05, 4.69) is 10.6 Å². The van der Waals surface area contributed by atoms with Crippen molar-refractivity contribution in [3.63, 3.8) is 0 Å². The Kier molecular flexibility index (Phi) is 5.86. The number of nitro benzene ring substituents is 1. The van der Waals surface area contributed by atoms with Crippen LogP contribution in [0, 0.1) is 10.1 Å². The van der Waals surface area contributed by atoms with Crippen LogP contribution in [-0.2, 0) is 9.59 Å². The first kappa shape index (κ1) is 18.2. The number of nitrogens with zero attached hydrogens (tertiary/aromatic N) is 1. The molecule has 0 saturated carbocycles. The number of benzene rings is 2. The molecule has 0 spiro atoms. The molecule has 2 aromatic rings. The van der Waals surface area contributed by atoms with Gasteiger partial charge in [-0.25, -0.2) is 0 Å². The standard InChI is InChI=1S/C17H14ClN3O4/c1-11(22)19-16(10-12-3-2-4-15(9-12)21(24)25)17(23)20-14-7-5-13(18)6-8-14/h2-10H,1H3,(H,19,22)(H,20,23)/b16-10-. The fourth-order valence-corrected chi connectivity index (χ4v) is 2.10. The van der Waals surface area contributed by atoms with Crippen LogP contribution in [0.25, 0.3) is 6.08 Å². The summed E-state index contributed by atoms with van der Waals surface area (Å²) >= 11 is 5.79. The van der Waals surface area contributed by atoms with Gasteiger partial charge in [0.15, 0.2) is 0 Å². The number of hydrogen-bond acceptors (Lipinski definition) is 4. The van der Waals surface area contributed by atoms with Crippen molar-refractivity contribution < 1.29 is 14.5 Å². The Morgan fingerprint density at radius 1 is 1.16 bits per heavy atom. The van der Waals surface area contributed by atoms with E-state index in [4.69, 9.17) is 11.6 Å². The van der Waals surface area contributed by atoms with E-state index in [0.717, 1.165) is 0 Å². The molecule has 0 bridgehead atoms. The van der Waals surface area contributed by atoms with Crippen LogP contribution in [-0.4, -0.2) is 16.7 Å². The van der Waals surface area contributed by atoms with E-state index in [-0.39, 0.29) is 11.4 Å². The Labute approximate surface area is 148 Å². The van der Waals surface area contributed by atoms with Crippen molar-refractivity contribution in [1.82, 2.24) is 5.32 Å². The van der Waals surface area contributed by atoms with Crippen LogP contribution < -0.4 is 10.6 Å². The lowest BCUT2D eigenvalue weighted by Gasteiger charge is -2.10. The molecule has 0 aliphatic rings. The summed E-state index contributed by atoms with van der Waals surface area (Å²) in [5.74, 6) is -1.01. The smallest absolute Gasteiger partial charge is 0.272 e. The molecule has 0 heterocycles. The summed E-state index contributed by atoms with van der Waals surface area (Å²) in [7, 11) is 0. The van der Waals surface area contributed by atoms with Gasteiger partial charge in [-0.1, -0.05) is 23.7 Å². The van der Waals surface area contributed by atoms with Crippen molar-refractivity contribution in [2.75, 3.05) is 5.32 Å². The van der Waals surface area contributed by atoms with Crippen molar-refractivity contribution in [2.45, 2.75) is 6.92 Å². The topological polar surface area (TPSA) is 101 Å². The number of non-ortho nitro benzene ring substituents is 1. The number of nitrogens with one attached hydrogen (secondary N) is 2. The van der Waals surface area contributed by atoms with Crippen LogP contribution in [0.3, 0.4) is 0 Å². The number of amides is 2. The van der Waals surface area contributed by atoms with Crippen molar-refractivity contribution >= 4 is 40.9 Å². The molecule has 0 aliphatic carbocycles. The number of carbonyl (C=O) groups excluding carboxylic acids is 2. The van der Waals surface area contributed by atoms with Crippen LogP contribution in [0.1, 0.15) is 12.5 Å². The van der Waals surface area contributed by atoms with Gasteiger partial charge in [-0.15, -0.1) is 0 Å². The quantitative estimate of drug-likeness (QED) is 0.485. The van der Waals surface area contributed by atoms with Crippen LogP contribution in [0.15, 0.2) is 54.2 Å². The lowest BCUT2D eigenvalue weighted by molar-refractivity contribution is -0.384. The first-order chi connectivity index (χ1) is 11.8. The van der Waals surface area contributed by atoms with Gasteiger partial charge in [0.05, 0.1) is 4.92 Å². The van der Waals surface area contributed by atoms with Gasteiger partial charge in [-0.2, -0.15) is 0 Å². The Morgan fingerprint density at radius 2 is 1.84 bits per heavy atom. The number of halogens is 1. The van der Waals surface area contributed by atoms with Gasteiger partial charge < -0.3 is 10.6 Å². The summed E-state index contributed by atoms with van der Waals surface area (Å²) in [6.07, 6.45) is 1.36. The third kappa shape index (κ3) is 5.43. The second kappa shape index (κ2) is 8.07. The van der Waals surface area contributed by atoms with E-state index in [1.807, 2.05) is 0 Å². The number of nitro groups is 1. The van der Waals surface area contributed by atoms with Crippen LogP contribution in [0.4, 0.5) is 11.4 Å². The zero-order chi connectivity index (χ0) is 18.4. The predicted octanol–water partition coefficient (Wildman–Crippen LogP) is 3.36. The Morgan fingerprint density at radius 3 is 2.44 bits per heavy atom. The maximum Gasteiger partial charge on any atom is 0.272 e. The molecule has 2 amide bonds. The minimum absolute atomic E-state index is 0.0389. The summed E-state index contributed by atoms with van der Waals surface area (Å²) in [5, 5.41) is 16.4. The fourth-order valence-electron chi connectivity index (χ4n) is 1.97. The molecule has 8 heteroatoms. The monoisotopic (exact) mass is 359 g/mol. The lowest BCUT2D eigenvalue weighted by Crippen LogP contribution is -2.28. The molecule has 128 valence electrons. The molecule has 25 heavy (non-hydrogen) atoms. The molecule has 0 saturated heterocycles. The van der Waals surface area contributed by atoms with Crippen LogP contribution >= 0.6 is 11.6 Å². The van der Waals surface area contributed by atoms with Gasteiger partial charge in [0.1, 0.15) is 5.70 Å². The summed E-state index contributed by atoms with van der Waals surface area (Å²) in [6, 6.07) is 12.2. The third-order valence-electron chi connectivity index (χ3n) is 3.05. The molecule has 2 N–H and O–H groups in total. The van der Waals surface area contributed by atoms with E-state index in [1.54, 1.807) is 30.3 Å². The molecular weight excluding hydrogens is 346 g/mol. The van der Waals surface area contributed by atoms with Gasteiger partial charge in [0.25, 0.3) is 11.6 Å². The molecule has 0 atom stereocenters. The largest absolute Gasteiger partial charge is 0.322 e. The van der Waals surface area contributed by atoms with E-state index >= 15 is 0 Å². The van der Waals surface area contributed by atoms with E-state index in [9.17, 15) is 19.7 Å². The summed E-state index contributed by atoms with van der Waals surface area (Å²) in [4.78, 5) is 34.1. The SMILES string of the molecule is CC(=O)N/C(=C\c1cccc([N+](=O)[O-])c1)C(=O)Nc1ccc(Cl)cc1. The van der Waals surface area contributed by atoms with E-state index in [1.165, 1.54) is 31.2 Å². The van der Waals surface area contributed by atoms with Crippen molar-refractivity contribution in [2.24, 2.45) is 0 Å². The molecule has 0 unspecified atom stereocenters. The second-order valence-electron chi connectivity index (χ2n) is 5.05. The van der Waals surface area contributed by atoms with Crippen molar-refractivity contribution in [3.8, 4) is 0 Å². The maximum atomic E-state index is 12.4.